The molecular formula is C13H22N2O3. The minimum atomic E-state index is -0.481. The molecule has 1 heterocycles. The van der Waals surface area contributed by atoms with E-state index in [0.717, 1.165) is 19.3 Å². The number of likely N-dealkylation sites (tertiary alicyclic amines) is 1. The molecule has 0 aromatic heterocycles. The summed E-state index contributed by atoms with van der Waals surface area (Å²) in [6.45, 7) is 6.62. The number of rotatable bonds is 2. The SMILES string of the molecule is CC(C)(C)OC(=O)N1CC[C@@H](C(=O)NC2CC2)C1. The van der Waals surface area contributed by atoms with Gasteiger partial charge in [-0.05, 0) is 40.0 Å². The van der Waals surface area contributed by atoms with Gasteiger partial charge >= 0.3 is 6.09 Å². The molecule has 1 saturated heterocycles. The molecule has 0 aromatic rings. The molecule has 1 N–H and O–H groups in total. The maximum atomic E-state index is 11.9. The highest BCUT2D eigenvalue weighted by molar-refractivity contribution is 5.81. The Bertz CT molecular complexity index is 345. The number of hydrogen-bond acceptors (Lipinski definition) is 3. The van der Waals surface area contributed by atoms with Crippen molar-refractivity contribution in [2.75, 3.05) is 13.1 Å². The van der Waals surface area contributed by atoms with Crippen LogP contribution in [0.25, 0.3) is 0 Å². The van der Waals surface area contributed by atoms with E-state index in [-0.39, 0.29) is 17.9 Å². The summed E-state index contributed by atoms with van der Waals surface area (Å²) in [5, 5.41) is 2.99. The van der Waals surface area contributed by atoms with Crippen molar-refractivity contribution in [3.63, 3.8) is 0 Å². The Kier molecular flexibility index (Phi) is 3.50. The van der Waals surface area contributed by atoms with E-state index in [0.29, 0.717) is 19.1 Å². The number of amides is 2. The largest absolute Gasteiger partial charge is 0.444 e. The maximum Gasteiger partial charge on any atom is 0.410 e. The van der Waals surface area contributed by atoms with Crippen LogP contribution in [-0.4, -0.2) is 41.6 Å². The zero-order valence-corrected chi connectivity index (χ0v) is 11.4. The van der Waals surface area contributed by atoms with Crippen LogP contribution in [0.15, 0.2) is 0 Å². The van der Waals surface area contributed by atoms with E-state index in [4.69, 9.17) is 4.74 Å². The molecule has 1 aliphatic heterocycles. The smallest absolute Gasteiger partial charge is 0.410 e. The van der Waals surface area contributed by atoms with Gasteiger partial charge in [0.15, 0.2) is 0 Å². The average Bonchev–Trinajstić information content (AvgIpc) is 2.91. The third-order valence-corrected chi connectivity index (χ3v) is 3.13. The molecule has 18 heavy (non-hydrogen) atoms. The van der Waals surface area contributed by atoms with Gasteiger partial charge in [0.05, 0.1) is 5.92 Å². The summed E-state index contributed by atoms with van der Waals surface area (Å²) in [4.78, 5) is 25.3. The van der Waals surface area contributed by atoms with Crippen LogP contribution in [0.5, 0.6) is 0 Å². The van der Waals surface area contributed by atoms with Crippen molar-refractivity contribution < 1.29 is 14.3 Å². The van der Waals surface area contributed by atoms with Gasteiger partial charge < -0.3 is 15.0 Å². The van der Waals surface area contributed by atoms with E-state index < -0.39 is 5.60 Å². The molecular weight excluding hydrogens is 232 g/mol. The van der Waals surface area contributed by atoms with Crippen molar-refractivity contribution >= 4 is 12.0 Å². The number of hydrogen-bond donors (Lipinski definition) is 1. The highest BCUT2D eigenvalue weighted by Gasteiger charge is 2.35. The normalized spacial score (nSPS) is 23.9. The van der Waals surface area contributed by atoms with Gasteiger partial charge in [0.1, 0.15) is 5.60 Å². The summed E-state index contributed by atoms with van der Waals surface area (Å²) in [6, 6.07) is 0.382. The van der Waals surface area contributed by atoms with Crippen LogP contribution >= 0.6 is 0 Å². The molecule has 0 bridgehead atoms. The molecule has 1 saturated carbocycles. The molecule has 5 nitrogen and oxygen atoms in total. The summed E-state index contributed by atoms with van der Waals surface area (Å²) in [6.07, 6.45) is 2.60. The first-order valence-electron chi connectivity index (χ1n) is 6.63. The van der Waals surface area contributed by atoms with Crippen LogP contribution in [0.2, 0.25) is 0 Å². The van der Waals surface area contributed by atoms with E-state index in [1.165, 1.54) is 0 Å². The fourth-order valence-corrected chi connectivity index (χ4v) is 2.01. The van der Waals surface area contributed by atoms with Crippen molar-refractivity contribution in [1.82, 2.24) is 10.2 Å². The van der Waals surface area contributed by atoms with Crippen molar-refractivity contribution in [1.29, 1.82) is 0 Å². The number of carbonyl (C=O) groups excluding carboxylic acids is 2. The van der Waals surface area contributed by atoms with Crippen LogP contribution < -0.4 is 5.32 Å². The minimum absolute atomic E-state index is 0.0712. The molecule has 2 rings (SSSR count). The fraction of sp³-hybridized carbons (Fsp3) is 0.846. The first-order chi connectivity index (χ1) is 8.35. The van der Waals surface area contributed by atoms with Gasteiger partial charge in [-0.3, -0.25) is 4.79 Å². The second-order valence-electron chi connectivity index (χ2n) is 6.19. The number of nitrogens with zero attached hydrogens (tertiary/aromatic N) is 1. The van der Waals surface area contributed by atoms with E-state index in [9.17, 15) is 9.59 Å². The molecule has 2 aliphatic rings. The van der Waals surface area contributed by atoms with Crippen LogP contribution in [0.1, 0.15) is 40.0 Å². The Hall–Kier alpha value is -1.26. The van der Waals surface area contributed by atoms with Crippen LogP contribution in [0.4, 0.5) is 4.79 Å². The molecule has 0 spiro atoms. The Balaban J connectivity index is 1.80. The number of carbonyl (C=O) groups is 2. The average molecular weight is 254 g/mol. The van der Waals surface area contributed by atoms with Gasteiger partial charge in [-0.15, -0.1) is 0 Å². The Labute approximate surface area is 108 Å². The quantitative estimate of drug-likeness (QED) is 0.813. The number of ether oxygens (including phenoxy) is 1. The molecule has 1 aliphatic carbocycles. The summed E-state index contributed by atoms with van der Waals surface area (Å²) < 4.78 is 5.30. The van der Waals surface area contributed by atoms with Crippen molar-refractivity contribution in [3.8, 4) is 0 Å². The summed E-state index contributed by atoms with van der Waals surface area (Å²) in [7, 11) is 0. The summed E-state index contributed by atoms with van der Waals surface area (Å²) in [5.74, 6) is 0.0154. The first kappa shape index (κ1) is 13.2. The highest BCUT2D eigenvalue weighted by Crippen LogP contribution is 2.23. The van der Waals surface area contributed by atoms with Crippen molar-refractivity contribution in [2.24, 2.45) is 5.92 Å². The molecule has 102 valence electrons. The van der Waals surface area contributed by atoms with Gasteiger partial charge in [0.2, 0.25) is 5.91 Å². The lowest BCUT2D eigenvalue weighted by Gasteiger charge is -2.24. The van der Waals surface area contributed by atoms with Crippen LogP contribution in [0, 0.1) is 5.92 Å². The highest BCUT2D eigenvalue weighted by atomic mass is 16.6. The molecule has 0 aromatic carbocycles. The molecule has 5 heteroatoms. The topological polar surface area (TPSA) is 58.6 Å². The molecule has 0 radical (unpaired) electrons. The Morgan fingerprint density at radius 1 is 1.22 bits per heavy atom. The summed E-state index contributed by atoms with van der Waals surface area (Å²) >= 11 is 0. The first-order valence-corrected chi connectivity index (χ1v) is 6.63. The predicted molar refractivity (Wildman–Crippen MR) is 67.1 cm³/mol. The zero-order valence-electron chi connectivity index (χ0n) is 11.4. The number of nitrogens with one attached hydrogen (secondary N) is 1. The molecule has 2 fully saturated rings. The maximum absolute atomic E-state index is 11.9. The van der Waals surface area contributed by atoms with Gasteiger partial charge in [-0.2, -0.15) is 0 Å². The van der Waals surface area contributed by atoms with Gasteiger partial charge in [-0.1, -0.05) is 0 Å². The Morgan fingerprint density at radius 3 is 2.44 bits per heavy atom. The minimum Gasteiger partial charge on any atom is -0.444 e. The van der Waals surface area contributed by atoms with Gasteiger partial charge in [0, 0.05) is 19.1 Å². The van der Waals surface area contributed by atoms with Gasteiger partial charge in [0.25, 0.3) is 0 Å². The van der Waals surface area contributed by atoms with Crippen molar-refractivity contribution in [3.05, 3.63) is 0 Å². The fourth-order valence-electron chi connectivity index (χ4n) is 2.01. The predicted octanol–water partition coefficient (Wildman–Crippen LogP) is 1.52. The molecule has 2 amide bonds. The second-order valence-corrected chi connectivity index (χ2v) is 6.19. The second kappa shape index (κ2) is 4.78. The van der Waals surface area contributed by atoms with Crippen molar-refractivity contribution in [2.45, 2.75) is 51.7 Å². The van der Waals surface area contributed by atoms with E-state index in [1.807, 2.05) is 20.8 Å². The zero-order chi connectivity index (χ0) is 13.3. The standard InChI is InChI=1S/C13H22N2O3/c1-13(2,3)18-12(17)15-7-6-9(8-15)11(16)14-10-4-5-10/h9-10H,4-8H2,1-3H3,(H,14,16)/t9-/m1/s1. The lowest BCUT2D eigenvalue weighted by molar-refractivity contribution is -0.124. The lowest BCUT2D eigenvalue weighted by atomic mass is 10.1. The van der Waals surface area contributed by atoms with Gasteiger partial charge in [-0.25, -0.2) is 4.79 Å². The van der Waals surface area contributed by atoms with E-state index in [1.54, 1.807) is 4.90 Å². The Morgan fingerprint density at radius 2 is 1.89 bits per heavy atom. The third kappa shape index (κ3) is 3.62. The lowest BCUT2D eigenvalue weighted by Crippen LogP contribution is -2.38. The monoisotopic (exact) mass is 254 g/mol. The van der Waals surface area contributed by atoms with Crippen LogP contribution in [0.3, 0.4) is 0 Å². The summed E-state index contributed by atoms with van der Waals surface area (Å²) in [5.41, 5.74) is -0.481. The third-order valence-electron chi connectivity index (χ3n) is 3.13. The van der Waals surface area contributed by atoms with Crippen LogP contribution in [-0.2, 0) is 9.53 Å². The molecule has 1 atom stereocenters. The molecule has 0 unspecified atom stereocenters. The van der Waals surface area contributed by atoms with E-state index >= 15 is 0 Å². The van der Waals surface area contributed by atoms with E-state index in [2.05, 4.69) is 5.32 Å².